The van der Waals surface area contributed by atoms with Crippen LogP contribution in [0.1, 0.15) is 22.3 Å². The zero-order valence-electron chi connectivity index (χ0n) is 26.2. The Kier molecular flexibility index (Phi) is 5.10. The molecule has 8 aromatic rings. The first-order valence-electron chi connectivity index (χ1n) is 16.8. The Labute approximate surface area is 280 Å². The summed E-state index contributed by atoms with van der Waals surface area (Å²) in [6, 6.07) is 65.3. The fourth-order valence-electron chi connectivity index (χ4n) is 9.10. The van der Waals surface area contributed by atoms with Crippen LogP contribution in [-0.2, 0) is 5.41 Å². The minimum atomic E-state index is -0.319. The number of fused-ring (bicyclic) bond motifs is 6. The molecule has 0 amide bonds. The van der Waals surface area contributed by atoms with E-state index in [1.807, 2.05) is 0 Å². The van der Waals surface area contributed by atoms with Crippen molar-refractivity contribution in [3.05, 3.63) is 198 Å². The number of anilines is 3. The van der Waals surface area contributed by atoms with Crippen LogP contribution >= 0.6 is 0 Å². The van der Waals surface area contributed by atoms with Gasteiger partial charge in [0.05, 0.1) is 5.41 Å². The van der Waals surface area contributed by atoms with E-state index in [1.54, 1.807) is 0 Å². The molecule has 0 radical (unpaired) electrons. The topological polar surface area (TPSA) is 3.24 Å². The number of benzene rings is 8. The van der Waals surface area contributed by atoms with Crippen LogP contribution in [0.2, 0.25) is 0 Å². The maximum atomic E-state index is 2.50. The molecule has 0 bridgehead atoms. The van der Waals surface area contributed by atoms with Gasteiger partial charge < -0.3 is 4.90 Å². The first-order chi connectivity index (χ1) is 23.8. The molecule has 0 aliphatic heterocycles. The Balaban J connectivity index is 1.19. The van der Waals surface area contributed by atoms with Crippen molar-refractivity contribution in [3.63, 3.8) is 0 Å². The highest BCUT2D eigenvalue weighted by Crippen LogP contribution is 2.70. The monoisotopic (exact) mass is 607 g/mol. The van der Waals surface area contributed by atoms with Crippen LogP contribution < -0.4 is 4.90 Å². The molecule has 3 aliphatic carbocycles. The lowest BCUT2D eigenvalue weighted by atomic mass is 9.73. The Morgan fingerprint density at radius 1 is 0.312 bits per heavy atom. The van der Waals surface area contributed by atoms with E-state index in [0.717, 1.165) is 17.1 Å². The van der Waals surface area contributed by atoms with Gasteiger partial charge in [-0.2, -0.15) is 0 Å². The maximum Gasteiger partial charge on any atom is 0.0738 e. The summed E-state index contributed by atoms with van der Waals surface area (Å²) in [6.07, 6.45) is 0. The number of hydrogen-bond acceptors (Lipinski definition) is 1. The number of hydrogen-bond donors (Lipinski definition) is 0. The fourth-order valence-corrected chi connectivity index (χ4v) is 9.10. The minimum absolute atomic E-state index is 0.319. The van der Waals surface area contributed by atoms with Crippen LogP contribution in [0.15, 0.2) is 176 Å². The van der Waals surface area contributed by atoms with Crippen LogP contribution in [0.25, 0.3) is 55.3 Å². The quantitative estimate of drug-likeness (QED) is 0.192. The molecule has 222 valence electrons. The molecule has 48 heavy (non-hydrogen) atoms. The summed E-state index contributed by atoms with van der Waals surface area (Å²) in [5.74, 6) is 0. The SMILES string of the molecule is c1ccc(-c2cccc(N(c3ccc4c(c3)C35c6ccccc6-c6cccc(c63)-c3cccc-4c35)c3ccc4ccccc4c3)c2)cc1. The van der Waals surface area contributed by atoms with Crippen molar-refractivity contribution in [2.75, 3.05) is 4.90 Å². The Hall–Kier alpha value is -6.18. The van der Waals surface area contributed by atoms with Crippen molar-refractivity contribution in [1.29, 1.82) is 0 Å². The van der Waals surface area contributed by atoms with Crippen LogP contribution in [0.4, 0.5) is 17.1 Å². The summed E-state index contributed by atoms with van der Waals surface area (Å²) in [6.45, 7) is 0. The highest BCUT2D eigenvalue weighted by molar-refractivity contribution is 6.06. The van der Waals surface area contributed by atoms with Crippen molar-refractivity contribution in [2.45, 2.75) is 5.41 Å². The van der Waals surface area contributed by atoms with E-state index in [4.69, 9.17) is 0 Å². The van der Waals surface area contributed by atoms with E-state index >= 15 is 0 Å². The molecule has 1 heteroatoms. The van der Waals surface area contributed by atoms with Gasteiger partial charge in [0.2, 0.25) is 0 Å². The van der Waals surface area contributed by atoms with Crippen molar-refractivity contribution < 1.29 is 0 Å². The largest absolute Gasteiger partial charge is 0.310 e. The molecule has 0 aromatic heterocycles. The summed E-state index contributed by atoms with van der Waals surface area (Å²) in [7, 11) is 0. The molecular formula is C47H29N. The molecule has 0 saturated carbocycles. The molecule has 11 rings (SSSR count). The molecular weight excluding hydrogens is 579 g/mol. The maximum absolute atomic E-state index is 2.50. The van der Waals surface area contributed by atoms with Crippen LogP contribution in [0.3, 0.4) is 0 Å². The molecule has 0 fully saturated rings. The summed E-state index contributed by atoms with van der Waals surface area (Å²) in [5, 5.41) is 2.47. The highest BCUT2D eigenvalue weighted by atomic mass is 15.1. The van der Waals surface area contributed by atoms with Crippen molar-refractivity contribution in [3.8, 4) is 44.5 Å². The molecule has 1 atom stereocenters. The number of rotatable bonds is 4. The van der Waals surface area contributed by atoms with Gasteiger partial charge in [-0.1, -0.05) is 140 Å². The van der Waals surface area contributed by atoms with E-state index in [2.05, 4.69) is 181 Å². The molecule has 8 aromatic carbocycles. The lowest BCUT2D eigenvalue weighted by Gasteiger charge is -2.30. The van der Waals surface area contributed by atoms with Gasteiger partial charge in [-0.3, -0.25) is 0 Å². The third-order valence-electron chi connectivity index (χ3n) is 10.9. The van der Waals surface area contributed by atoms with E-state index in [9.17, 15) is 0 Å². The predicted molar refractivity (Wildman–Crippen MR) is 199 cm³/mol. The summed E-state index contributed by atoms with van der Waals surface area (Å²) >= 11 is 0. The Morgan fingerprint density at radius 2 is 0.854 bits per heavy atom. The molecule has 1 nitrogen and oxygen atoms in total. The van der Waals surface area contributed by atoms with E-state index in [1.165, 1.54) is 77.5 Å². The molecule has 1 unspecified atom stereocenters. The smallest absolute Gasteiger partial charge is 0.0738 e. The second-order valence-corrected chi connectivity index (χ2v) is 13.3. The average Bonchev–Trinajstić information content (AvgIpc) is 3.75. The molecule has 3 aliphatic rings. The minimum Gasteiger partial charge on any atom is -0.310 e. The first-order valence-corrected chi connectivity index (χ1v) is 16.8. The lowest BCUT2D eigenvalue weighted by molar-refractivity contribution is 0.818. The van der Waals surface area contributed by atoms with Gasteiger partial charge in [0.15, 0.2) is 0 Å². The molecule has 1 spiro atoms. The summed E-state index contributed by atoms with van der Waals surface area (Å²) in [4.78, 5) is 2.45. The highest BCUT2D eigenvalue weighted by Gasteiger charge is 2.57. The van der Waals surface area contributed by atoms with Crippen LogP contribution in [-0.4, -0.2) is 0 Å². The first kappa shape index (κ1) is 25.9. The van der Waals surface area contributed by atoms with Crippen LogP contribution in [0.5, 0.6) is 0 Å². The van der Waals surface area contributed by atoms with Gasteiger partial charge in [0.25, 0.3) is 0 Å². The van der Waals surface area contributed by atoms with Crippen LogP contribution in [0, 0.1) is 0 Å². The van der Waals surface area contributed by atoms with Gasteiger partial charge in [-0.05, 0) is 114 Å². The molecule has 0 heterocycles. The van der Waals surface area contributed by atoms with E-state index < -0.39 is 0 Å². The van der Waals surface area contributed by atoms with Gasteiger partial charge in [-0.15, -0.1) is 0 Å². The normalized spacial score (nSPS) is 15.6. The van der Waals surface area contributed by atoms with Gasteiger partial charge >= 0.3 is 0 Å². The third kappa shape index (κ3) is 3.25. The van der Waals surface area contributed by atoms with Crippen molar-refractivity contribution in [1.82, 2.24) is 0 Å². The zero-order chi connectivity index (χ0) is 31.4. The Morgan fingerprint density at radius 3 is 1.65 bits per heavy atom. The van der Waals surface area contributed by atoms with E-state index in [-0.39, 0.29) is 5.41 Å². The number of nitrogens with zero attached hydrogens (tertiary/aromatic N) is 1. The standard InChI is InChI=1S/C47H29N/c1-2-11-30(12-3-1)33-15-8-16-34(27-33)48(35-24-23-31-13-4-5-14-32(31)28-35)36-25-26-38-40-19-10-21-42-41-20-9-18-39-37-17-6-7-22-43(37)47(45(39)41,46(40)42)44(38)29-36/h1-29H. The second kappa shape index (κ2) is 9.44. The van der Waals surface area contributed by atoms with Gasteiger partial charge in [-0.25, -0.2) is 0 Å². The Bertz CT molecular complexity index is 2590. The van der Waals surface area contributed by atoms with Crippen molar-refractivity contribution in [2.24, 2.45) is 0 Å². The average molecular weight is 608 g/mol. The fraction of sp³-hybridized carbons (Fsp3) is 0.0213. The summed E-state index contributed by atoms with van der Waals surface area (Å²) < 4.78 is 0. The third-order valence-corrected chi connectivity index (χ3v) is 10.9. The van der Waals surface area contributed by atoms with Gasteiger partial charge in [0.1, 0.15) is 0 Å². The summed E-state index contributed by atoms with van der Waals surface area (Å²) in [5.41, 5.74) is 19.4. The lowest BCUT2D eigenvalue weighted by Crippen LogP contribution is -2.23. The van der Waals surface area contributed by atoms with Gasteiger partial charge in [0, 0.05) is 17.1 Å². The van der Waals surface area contributed by atoms with E-state index in [0.29, 0.717) is 0 Å². The zero-order valence-corrected chi connectivity index (χ0v) is 26.2. The van der Waals surface area contributed by atoms with Crippen molar-refractivity contribution >= 4 is 27.8 Å². The molecule has 0 saturated heterocycles. The molecule has 0 N–H and O–H groups in total. The second-order valence-electron chi connectivity index (χ2n) is 13.3. The predicted octanol–water partition coefficient (Wildman–Crippen LogP) is 12.3.